The zero-order valence-corrected chi connectivity index (χ0v) is 69.8. The molecule has 6 fully saturated rings. The first-order valence-electron chi connectivity index (χ1n) is 42.1. The highest BCUT2D eigenvalue weighted by Crippen LogP contribution is 2.37. The quantitative estimate of drug-likeness (QED) is 0.0400. The van der Waals surface area contributed by atoms with Crippen molar-refractivity contribution in [2.24, 2.45) is 16.6 Å². The molecule has 8 rings (SSSR count). The van der Waals surface area contributed by atoms with Gasteiger partial charge in [-0.25, -0.2) is 9.79 Å². The third kappa shape index (κ3) is 35.2. The van der Waals surface area contributed by atoms with Crippen molar-refractivity contribution in [1.82, 2.24) is 16.0 Å². The Morgan fingerprint density at radius 1 is 0.504 bits per heavy atom. The van der Waals surface area contributed by atoms with E-state index in [0.29, 0.717) is 19.4 Å². The van der Waals surface area contributed by atoms with Crippen LogP contribution in [0.25, 0.3) is 0 Å². The SMILES string of the molecule is CCCCCCCC(=O)N[C@H]1C(O)O[C@H](CO)[C@@H](O)[C@@H]1O.CCCCCCCC(=O)N[C@H]1C(O)O[C@H](CO)[C@@H](O)[C@@H]1O[C@H](C)C(=O)C[C@@H](C)Cc1ccccc1.CCCCCCCC(=O)N[C@H]1C(O)O[C@H](CO)[C@@H](O)[C@@H]1O[C@H](C)C(=O)O.CCCCCCCC1=N[C@H]2[C@@H](O1)O[C@H]([C@H]1COC(C)(C)O1)[C@@H]2O.N[C@H]1C(O)O[C@H](CO)[C@@H](O)[C@@H]1O. The van der Waals surface area contributed by atoms with Crippen molar-refractivity contribution >= 4 is 35.4 Å². The van der Waals surface area contributed by atoms with Crippen LogP contribution in [0.3, 0.4) is 0 Å². The van der Waals surface area contributed by atoms with Gasteiger partial charge in [-0.15, -0.1) is 0 Å². The number of unbranched alkanes of at least 4 members (excludes halogenated alkanes) is 16. The molecule has 6 saturated heterocycles. The average molecular weight is 1680 g/mol. The number of hydrogen-bond acceptors (Lipinski definition) is 32. The molecule has 0 aromatic heterocycles. The Labute approximate surface area is 687 Å². The minimum absolute atomic E-state index is 0.0922. The second kappa shape index (κ2) is 55.4. The molecule has 28 atom stereocenters. The standard InChI is InChI=1S/C27H43NO7.C17H31NO8.C17H29NO5.C14H27NO6.C6H13NO5/c1-4-5-6-7-11-14-23(31)28-24-26(25(32)22(17-29)35-27(24)33)34-19(3)21(30)16-18(2)15-20-12-9-8-10-13-20;1-3-4-5-6-7-8-12(20)18-13-15(25-10(2)16(22)23)14(21)11(9-19)26-17(13)24;1-4-5-6-7-8-9-12-18-13-14(19)15(22-16(13)21-12)11-10-20-17(2,3)23-11;1-2-3-4-5-6-7-10(17)15-11-13(19)12(18)9(8-16)21-14(11)20;7-3-5(10)4(9)2(1-8)12-6(3)11/h8-10,12-13,18-19,22,24-27,29,32-33H,4-7,11,14-17H2,1-3H3,(H,28,31);10-11,13-15,17,19,21,24H,3-9H2,1-2H3,(H,18,20)(H,22,23);11,13-16,19H,4-10H2,1-3H3;9,11-14,16,18-20H,2-8H2,1H3,(H,15,17);2-6,8-11H,1,7H2/t18-,19+,22+,24+,25+,26+,27?;10-,11-,13-,14-,15-,17?;11-,13-,14-,15-,16+;9-,11-,12-,13-,14?;2-,3-,4-,5-,6?/m01111/s1. The molecule has 0 bridgehead atoms. The zero-order chi connectivity index (χ0) is 87.1. The largest absolute Gasteiger partial charge is 0.479 e. The monoisotopic (exact) mass is 1680 g/mol. The second-order valence-corrected chi connectivity index (χ2v) is 31.7. The highest BCUT2D eigenvalue weighted by Gasteiger charge is 2.55. The lowest BCUT2D eigenvalue weighted by molar-refractivity contribution is -0.267. The molecule has 1 aromatic rings. The van der Waals surface area contributed by atoms with Gasteiger partial charge in [-0.1, -0.05) is 168 Å². The number of Topliss-reactive ketones (excluding diaryl/α,β-unsaturated/α-hetero) is 1. The van der Waals surface area contributed by atoms with Gasteiger partial charge in [-0.2, -0.15) is 0 Å². The highest BCUT2D eigenvalue weighted by molar-refractivity contribution is 5.83. The highest BCUT2D eigenvalue weighted by atomic mass is 16.8. The average Bonchev–Trinajstić information content (AvgIpc) is 1.64. The number of amides is 3. The minimum atomic E-state index is -1.54. The molecule has 7 aliphatic heterocycles. The normalized spacial score (nSPS) is 33.0. The number of nitrogens with two attached hydrogens (primary N) is 1. The lowest BCUT2D eigenvalue weighted by atomic mass is 9.93. The number of nitrogens with zero attached hydrogens (tertiary/aromatic N) is 1. The van der Waals surface area contributed by atoms with Gasteiger partial charge in [-0.05, 0) is 71.3 Å². The summed E-state index contributed by atoms with van der Waals surface area (Å²) in [5.41, 5.74) is 6.41. The first kappa shape index (κ1) is 105. The minimum Gasteiger partial charge on any atom is -0.479 e. The Balaban J connectivity index is 0.000000318. The molecule has 0 aliphatic carbocycles. The van der Waals surface area contributed by atoms with E-state index in [1.54, 1.807) is 6.92 Å². The van der Waals surface area contributed by atoms with Crippen LogP contribution in [0.2, 0.25) is 0 Å². The van der Waals surface area contributed by atoms with E-state index in [1.807, 2.05) is 51.1 Å². The van der Waals surface area contributed by atoms with Gasteiger partial charge in [0.1, 0.15) is 122 Å². The van der Waals surface area contributed by atoms with Crippen molar-refractivity contribution in [2.75, 3.05) is 33.0 Å². The third-order valence-corrected chi connectivity index (χ3v) is 21.3. The summed E-state index contributed by atoms with van der Waals surface area (Å²) in [6.07, 6.45) is -0.848. The maximum Gasteiger partial charge on any atom is 0.332 e. The Kier molecular flexibility index (Phi) is 49.5. The van der Waals surface area contributed by atoms with Crippen molar-refractivity contribution in [3.63, 3.8) is 0 Å². The maximum absolute atomic E-state index is 12.9. The van der Waals surface area contributed by atoms with Crippen LogP contribution in [0.1, 0.15) is 228 Å². The van der Waals surface area contributed by atoms with Gasteiger partial charge in [0.25, 0.3) is 0 Å². The lowest BCUT2D eigenvalue weighted by Crippen LogP contribution is -2.65. The summed E-state index contributed by atoms with van der Waals surface area (Å²) in [5.74, 6) is -2.13. The van der Waals surface area contributed by atoms with Crippen molar-refractivity contribution in [3.8, 4) is 0 Å². The molecule has 7 aliphatic rings. The van der Waals surface area contributed by atoms with E-state index in [0.717, 1.165) is 121 Å². The molecule has 0 saturated carbocycles. The molecule has 117 heavy (non-hydrogen) atoms. The van der Waals surface area contributed by atoms with Crippen LogP contribution in [0.4, 0.5) is 0 Å². The molecule has 678 valence electrons. The number of carboxylic acids is 1. The fourth-order valence-corrected chi connectivity index (χ4v) is 14.2. The van der Waals surface area contributed by atoms with Crippen LogP contribution in [0.5, 0.6) is 0 Å². The summed E-state index contributed by atoms with van der Waals surface area (Å²) in [7, 11) is 0. The van der Waals surface area contributed by atoms with Gasteiger partial charge in [0.05, 0.1) is 39.1 Å². The van der Waals surface area contributed by atoms with Gasteiger partial charge in [0.2, 0.25) is 24.0 Å². The Morgan fingerprint density at radius 3 is 1.32 bits per heavy atom. The molecular formula is C81H143N5O31. The molecule has 4 unspecified atom stereocenters. The number of carboxylic acid groups (broad SMARTS) is 1. The Morgan fingerprint density at radius 2 is 0.906 bits per heavy atom. The number of aliphatic carboxylic acids is 1. The number of ketones is 1. The first-order chi connectivity index (χ1) is 55.7. The van der Waals surface area contributed by atoms with Gasteiger partial charge < -0.3 is 151 Å². The number of carbonyl (C=O) groups is 5. The number of rotatable bonds is 42. The number of ether oxygens (including phenoxy) is 10. The number of aliphatic hydroxyl groups is 15. The predicted octanol–water partition coefficient (Wildman–Crippen LogP) is 0.664. The van der Waals surface area contributed by atoms with E-state index in [-0.39, 0.29) is 60.8 Å². The van der Waals surface area contributed by atoms with Gasteiger partial charge in [0, 0.05) is 32.1 Å². The molecule has 7 heterocycles. The van der Waals surface area contributed by atoms with E-state index in [9.17, 15) is 85.3 Å². The van der Waals surface area contributed by atoms with E-state index in [2.05, 4.69) is 48.6 Å². The van der Waals surface area contributed by atoms with Crippen LogP contribution >= 0.6 is 0 Å². The Hall–Kier alpha value is -4.76. The van der Waals surface area contributed by atoms with Crippen LogP contribution < -0.4 is 21.7 Å². The van der Waals surface area contributed by atoms with E-state index in [4.69, 9.17) is 73.5 Å². The summed E-state index contributed by atoms with van der Waals surface area (Å²) in [5, 5.41) is 162. The number of aliphatic hydroxyl groups excluding tert-OH is 15. The van der Waals surface area contributed by atoms with Crippen molar-refractivity contribution in [1.29, 1.82) is 0 Å². The summed E-state index contributed by atoms with van der Waals surface area (Å²) < 4.78 is 54.3. The number of hydrogen-bond donors (Lipinski definition) is 20. The summed E-state index contributed by atoms with van der Waals surface area (Å²) in [6.45, 7) is 15.4. The molecule has 0 spiro atoms. The molecule has 3 amide bonds. The van der Waals surface area contributed by atoms with Crippen molar-refractivity contribution < 1.29 is 153 Å². The fourth-order valence-electron chi connectivity index (χ4n) is 14.2. The molecule has 1 aromatic carbocycles. The smallest absolute Gasteiger partial charge is 0.332 e. The lowest BCUT2D eigenvalue weighted by Gasteiger charge is -2.43. The summed E-state index contributed by atoms with van der Waals surface area (Å²) in [6, 6.07) is 5.25. The number of fused-ring (bicyclic) bond motifs is 1. The number of carbonyl (C=O) groups excluding carboxylic acids is 4. The number of aliphatic imine (C=N–C) groups is 1. The Bertz CT molecular complexity index is 2950. The van der Waals surface area contributed by atoms with Crippen molar-refractivity contribution in [2.45, 2.75) is 400 Å². The topological polar surface area (TPSA) is 576 Å². The predicted molar refractivity (Wildman–Crippen MR) is 422 cm³/mol. The van der Waals surface area contributed by atoms with Crippen molar-refractivity contribution in [3.05, 3.63) is 35.9 Å². The zero-order valence-electron chi connectivity index (χ0n) is 69.8. The van der Waals surface area contributed by atoms with Gasteiger partial charge in [-0.3, -0.25) is 19.2 Å². The third-order valence-electron chi connectivity index (χ3n) is 21.3. The molecule has 36 heteroatoms. The fraction of sp³-hybridized carbons (Fsp3) is 0.852. The van der Waals surface area contributed by atoms with E-state index >= 15 is 0 Å². The van der Waals surface area contributed by atoms with E-state index in [1.165, 1.54) is 32.6 Å². The van der Waals surface area contributed by atoms with E-state index < -0.39 is 191 Å². The van der Waals surface area contributed by atoms with Gasteiger partial charge in [0.15, 0.2) is 48.7 Å². The summed E-state index contributed by atoms with van der Waals surface area (Å²) in [4.78, 5) is 64.8. The van der Waals surface area contributed by atoms with Crippen LogP contribution in [-0.2, 0) is 77.8 Å². The number of benzene rings is 1. The van der Waals surface area contributed by atoms with Gasteiger partial charge >= 0.3 is 5.97 Å². The molecule has 36 nitrogen and oxygen atoms in total. The number of nitrogens with one attached hydrogen (secondary N) is 3. The molecular weight excluding hydrogens is 1540 g/mol. The second-order valence-electron chi connectivity index (χ2n) is 31.7. The molecule has 0 radical (unpaired) electrons. The first-order valence-corrected chi connectivity index (χ1v) is 42.1. The maximum atomic E-state index is 12.9. The summed E-state index contributed by atoms with van der Waals surface area (Å²) >= 11 is 0. The van der Waals surface area contributed by atoms with Crippen LogP contribution in [-0.4, -0.2) is 321 Å². The van der Waals surface area contributed by atoms with Crippen LogP contribution in [0, 0.1) is 5.92 Å². The molecule has 21 N–H and O–H groups in total. The van der Waals surface area contributed by atoms with Crippen LogP contribution in [0.15, 0.2) is 35.3 Å².